The molecule has 21 heavy (non-hydrogen) atoms. The Balaban J connectivity index is 2.09. The summed E-state index contributed by atoms with van der Waals surface area (Å²) in [6.45, 7) is 10.2. The molecule has 2 aromatic carbocycles. The summed E-state index contributed by atoms with van der Waals surface area (Å²) in [5, 5.41) is 3.44. The van der Waals surface area contributed by atoms with Gasteiger partial charge in [-0.1, -0.05) is 52.0 Å². The van der Waals surface area contributed by atoms with Gasteiger partial charge in [-0.05, 0) is 58.2 Å². The number of hydrogen-bond donors (Lipinski definition) is 1. The summed E-state index contributed by atoms with van der Waals surface area (Å²) in [5.41, 5.74) is 8.41. The fourth-order valence-electron chi connectivity index (χ4n) is 3.15. The van der Waals surface area contributed by atoms with Crippen LogP contribution >= 0.6 is 0 Å². The number of benzene rings is 2. The fraction of sp³-hybridized carbons (Fsp3) is 0.400. The zero-order chi connectivity index (χ0) is 15.0. The number of anilines is 1. The lowest BCUT2D eigenvalue weighted by Gasteiger charge is -2.17. The van der Waals surface area contributed by atoms with Gasteiger partial charge in [-0.25, -0.2) is 0 Å². The van der Waals surface area contributed by atoms with Gasteiger partial charge in [-0.2, -0.15) is 0 Å². The van der Waals surface area contributed by atoms with Gasteiger partial charge in [0, 0.05) is 12.2 Å². The molecule has 1 nitrogen and oxygen atoms in total. The average Bonchev–Trinajstić information content (AvgIpc) is 2.93. The second-order valence-corrected chi connectivity index (χ2v) is 6.70. The minimum Gasteiger partial charge on any atom is -0.384 e. The maximum atomic E-state index is 3.44. The molecule has 0 aliphatic carbocycles. The van der Waals surface area contributed by atoms with Gasteiger partial charge in [0.2, 0.25) is 0 Å². The molecule has 0 spiro atoms. The van der Waals surface area contributed by atoms with Gasteiger partial charge in [0.25, 0.3) is 0 Å². The predicted molar refractivity (Wildman–Crippen MR) is 92.2 cm³/mol. The fourth-order valence-corrected chi connectivity index (χ4v) is 3.15. The van der Waals surface area contributed by atoms with E-state index in [9.17, 15) is 0 Å². The smallest absolute Gasteiger partial charge is 0.0373 e. The summed E-state index contributed by atoms with van der Waals surface area (Å²) >= 11 is 0. The van der Waals surface area contributed by atoms with Gasteiger partial charge in [0.15, 0.2) is 0 Å². The summed E-state index contributed by atoms with van der Waals surface area (Å²) in [6, 6.07) is 13.9. The lowest BCUT2D eigenvalue weighted by atomic mass is 9.88. The van der Waals surface area contributed by atoms with E-state index in [4.69, 9.17) is 0 Å². The van der Waals surface area contributed by atoms with E-state index in [0.717, 1.165) is 13.0 Å². The maximum Gasteiger partial charge on any atom is 0.0373 e. The van der Waals surface area contributed by atoms with Crippen LogP contribution in [0.25, 0.3) is 11.1 Å². The van der Waals surface area contributed by atoms with E-state index in [1.165, 1.54) is 33.5 Å². The highest BCUT2D eigenvalue weighted by Crippen LogP contribution is 2.34. The molecular formula is C20H25N. The molecule has 0 aromatic heterocycles. The van der Waals surface area contributed by atoms with Crippen molar-refractivity contribution in [1.82, 2.24) is 0 Å². The molecule has 1 aliphatic rings. The number of rotatable bonds is 3. The predicted octanol–water partition coefficient (Wildman–Crippen LogP) is 5.57. The monoisotopic (exact) mass is 279 g/mol. The normalized spacial score (nSPS) is 13.6. The quantitative estimate of drug-likeness (QED) is 0.774. The van der Waals surface area contributed by atoms with E-state index < -0.39 is 0 Å². The summed E-state index contributed by atoms with van der Waals surface area (Å²) < 4.78 is 0. The minimum atomic E-state index is 0.546. The summed E-state index contributed by atoms with van der Waals surface area (Å²) in [4.78, 5) is 0. The zero-order valence-electron chi connectivity index (χ0n) is 13.5. The first-order chi connectivity index (χ1) is 10.1. The van der Waals surface area contributed by atoms with Gasteiger partial charge in [0.1, 0.15) is 0 Å². The van der Waals surface area contributed by atoms with Crippen molar-refractivity contribution < 1.29 is 0 Å². The Labute approximate surface area is 128 Å². The molecule has 3 rings (SSSR count). The second kappa shape index (κ2) is 5.55. The van der Waals surface area contributed by atoms with Crippen LogP contribution in [0.1, 0.15) is 56.2 Å². The molecule has 2 aromatic rings. The van der Waals surface area contributed by atoms with Gasteiger partial charge in [-0.15, -0.1) is 0 Å². The Hall–Kier alpha value is -1.76. The van der Waals surface area contributed by atoms with Crippen LogP contribution in [-0.2, 0) is 6.42 Å². The van der Waals surface area contributed by atoms with Crippen molar-refractivity contribution in [2.45, 2.75) is 46.0 Å². The van der Waals surface area contributed by atoms with Gasteiger partial charge < -0.3 is 5.32 Å². The van der Waals surface area contributed by atoms with Crippen LogP contribution in [0.2, 0.25) is 0 Å². The summed E-state index contributed by atoms with van der Waals surface area (Å²) in [6.07, 6.45) is 1.14. The third-order valence-electron chi connectivity index (χ3n) is 4.49. The van der Waals surface area contributed by atoms with Gasteiger partial charge in [0.05, 0.1) is 0 Å². The Morgan fingerprint density at radius 1 is 0.905 bits per heavy atom. The molecule has 1 N–H and O–H groups in total. The maximum absolute atomic E-state index is 3.44. The third kappa shape index (κ3) is 2.70. The van der Waals surface area contributed by atoms with Crippen LogP contribution < -0.4 is 5.32 Å². The van der Waals surface area contributed by atoms with Crippen molar-refractivity contribution in [3.63, 3.8) is 0 Å². The third-order valence-corrected chi connectivity index (χ3v) is 4.49. The average molecular weight is 279 g/mol. The second-order valence-electron chi connectivity index (χ2n) is 6.70. The Morgan fingerprint density at radius 2 is 1.71 bits per heavy atom. The molecule has 0 atom stereocenters. The minimum absolute atomic E-state index is 0.546. The van der Waals surface area contributed by atoms with Crippen LogP contribution in [0, 0.1) is 0 Å². The largest absolute Gasteiger partial charge is 0.384 e. The molecule has 1 heteroatoms. The highest BCUT2D eigenvalue weighted by Gasteiger charge is 2.14. The van der Waals surface area contributed by atoms with Crippen LogP contribution in [0.5, 0.6) is 0 Å². The molecule has 110 valence electrons. The molecule has 0 saturated carbocycles. The van der Waals surface area contributed by atoms with Crippen LogP contribution in [0.4, 0.5) is 5.69 Å². The lowest BCUT2D eigenvalue weighted by Crippen LogP contribution is -1.97. The lowest BCUT2D eigenvalue weighted by molar-refractivity contribution is 0.835. The Bertz CT molecular complexity index is 653. The Kier molecular flexibility index (Phi) is 3.75. The molecule has 0 fully saturated rings. The number of nitrogens with one attached hydrogen (secondary N) is 1. The molecule has 0 unspecified atom stereocenters. The van der Waals surface area contributed by atoms with Crippen molar-refractivity contribution in [1.29, 1.82) is 0 Å². The SMILES string of the molecule is CC(C)c1ccc(-c2ccc3c(c2)CCN3)c(C(C)C)c1. The molecular weight excluding hydrogens is 254 g/mol. The molecule has 0 saturated heterocycles. The summed E-state index contributed by atoms with van der Waals surface area (Å²) in [5.74, 6) is 1.13. The van der Waals surface area contributed by atoms with Crippen molar-refractivity contribution in [3.8, 4) is 11.1 Å². The van der Waals surface area contributed by atoms with Crippen LogP contribution in [0.3, 0.4) is 0 Å². The first-order valence-electron chi connectivity index (χ1n) is 8.07. The molecule has 0 amide bonds. The van der Waals surface area contributed by atoms with E-state index >= 15 is 0 Å². The van der Waals surface area contributed by atoms with E-state index in [2.05, 4.69) is 69.4 Å². The molecule has 0 bridgehead atoms. The van der Waals surface area contributed by atoms with E-state index in [1.807, 2.05) is 0 Å². The highest BCUT2D eigenvalue weighted by molar-refractivity contribution is 5.73. The number of hydrogen-bond acceptors (Lipinski definition) is 1. The molecule has 1 heterocycles. The first kappa shape index (κ1) is 14.2. The van der Waals surface area contributed by atoms with Crippen molar-refractivity contribution in [3.05, 3.63) is 53.1 Å². The van der Waals surface area contributed by atoms with Crippen molar-refractivity contribution in [2.75, 3.05) is 11.9 Å². The van der Waals surface area contributed by atoms with E-state index in [0.29, 0.717) is 11.8 Å². The van der Waals surface area contributed by atoms with Gasteiger partial charge >= 0.3 is 0 Å². The van der Waals surface area contributed by atoms with Gasteiger partial charge in [-0.3, -0.25) is 0 Å². The number of fused-ring (bicyclic) bond motifs is 1. The highest BCUT2D eigenvalue weighted by atomic mass is 14.9. The summed E-state index contributed by atoms with van der Waals surface area (Å²) in [7, 11) is 0. The van der Waals surface area contributed by atoms with Crippen LogP contribution in [-0.4, -0.2) is 6.54 Å². The van der Waals surface area contributed by atoms with Crippen molar-refractivity contribution >= 4 is 5.69 Å². The van der Waals surface area contributed by atoms with E-state index in [-0.39, 0.29) is 0 Å². The topological polar surface area (TPSA) is 12.0 Å². The van der Waals surface area contributed by atoms with Crippen molar-refractivity contribution in [2.24, 2.45) is 0 Å². The van der Waals surface area contributed by atoms with E-state index in [1.54, 1.807) is 0 Å². The zero-order valence-corrected chi connectivity index (χ0v) is 13.5. The molecule has 0 radical (unpaired) electrons. The Morgan fingerprint density at radius 3 is 2.43 bits per heavy atom. The molecule has 1 aliphatic heterocycles. The van der Waals surface area contributed by atoms with Crippen LogP contribution in [0.15, 0.2) is 36.4 Å². The standard InChI is InChI=1S/C20H25N/c1-13(2)15-5-7-18(19(12-15)14(3)4)16-6-8-20-17(11-16)9-10-21-20/h5-8,11-14,21H,9-10H2,1-4H3. The first-order valence-corrected chi connectivity index (χ1v) is 8.07.